The number of rotatable bonds is 5. The maximum atomic E-state index is 12.6. The minimum Gasteiger partial charge on any atom is -0.361 e. The van der Waals surface area contributed by atoms with Crippen LogP contribution in [-0.2, 0) is 14.8 Å². The quantitative estimate of drug-likeness (QED) is 0.319. The monoisotopic (exact) mass is 357 g/mol. The smallest absolute Gasteiger partial charge is 0.267 e. The van der Waals surface area contributed by atoms with E-state index >= 15 is 0 Å². The summed E-state index contributed by atoms with van der Waals surface area (Å²) in [7, 11) is -3.74. The molecule has 0 fully saturated rings. The molecule has 4 N–H and O–H groups in total. The molecule has 0 unspecified atom stereocenters. The lowest BCUT2D eigenvalue weighted by atomic mass is 10.2. The van der Waals surface area contributed by atoms with E-state index in [1.54, 1.807) is 36.5 Å². The predicted molar refractivity (Wildman–Crippen MR) is 94.5 cm³/mol. The first-order valence-corrected chi connectivity index (χ1v) is 8.79. The second-order valence-corrected chi connectivity index (χ2v) is 6.91. The molecule has 128 valence electrons. The van der Waals surface area contributed by atoms with Crippen LogP contribution in [-0.4, -0.2) is 24.5 Å². The number of nitrogens with one attached hydrogen (secondary N) is 3. The van der Waals surface area contributed by atoms with Crippen LogP contribution >= 0.6 is 0 Å². The molecule has 1 amide bonds. The maximum absolute atomic E-state index is 12.6. The van der Waals surface area contributed by atoms with Crippen LogP contribution in [0.25, 0.3) is 17.0 Å². The molecule has 0 saturated heterocycles. The molecule has 1 aromatic heterocycles. The number of hydrogen-bond acceptors (Lipinski definition) is 4. The first-order chi connectivity index (χ1) is 12.0. The van der Waals surface area contributed by atoms with Crippen molar-refractivity contribution >= 4 is 38.6 Å². The van der Waals surface area contributed by atoms with E-state index in [9.17, 15) is 13.2 Å². The molecule has 7 nitrogen and oxygen atoms in total. The molecule has 0 aliphatic rings. The molecule has 0 spiro atoms. The van der Waals surface area contributed by atoms with Crippen molar-refractivity contribution in [1.82, 2.24) is 10.5 Å². The van der Waals surface area contributed by atoms with Gasteiger partial charge in [0.05, 0.1) is 10.6 Å². The molecular formula is C17H15N3O4S. The van der Waals surface area contributed by atoms with Gasteiger partial charge in [-0.2, -0.15) is 0 Å². The van der Waals surface area contributed by atoms with Crippen LogP contribution in [0.2, 0.25) is 0 Å². The Bertz CT molecular complexity index is 1040. The van der Waals surface area contributed by atoms with Crippen LogP contribution in [0.4, 0.5) is 5.69 Å². The third kappa shape index (κ3) is 3.70. The van der Waals surface area contributed by atoms with Crippen LogP contribution in [0.5, 0.6) is 0 Å². The Balaban J connectivity index is 1.84. The number of sulfonamides is 1. The van der Waals surface area contributed by atoms with Crippen LogP contribution in [0.3, 0.4) is 0 Å². The summed E-state index contributed by atoms with van der Waals surface area (Å²) in [5, 5.41) is 9.20. The van der Waals surface area contributed by atoms with E-state index in [2.05, 4.69) is 9.71 Å². The number of carbonyl (C=O) groups excluding carboxylic acids is 1. The number of carbonyl (C=O) groups is 1. The largest absolute Gasteiger partial charge is 0.361 e. The third-order valence-corrected chi connectivity index (χ3v) is 4.95. The lowest BCUT2D eigenvalue weighted by molar-refractivity contribution is -0.124. The average molecular weight is 357 g/mol. The summed E-state index contributed by atoms with van der Waals surface area (Å²) in [4.78, 5) is 14.1. The highest BCUT2D eigenvalue weighted by Crippen LogP contribution is 2.25. The topological polar surface area (TPSA) is 111 Å². The van der Waals surface area contributed by atoms with Gasteiger partial charge in [-0.15, -0.1) is 0 Å². The van der Waals surface area contributed by atoms with Crippen LogP contribution in [0.15, 0.2) is 65.7 Å². The number of hydrogen-bond donors (Lipinski definition) is 4. The van der Waals surface area contributed by atoms with Crippen molar-refractivity contribution in [2.75, 3.05) is 4.72 Å². The Hall–Kier alpha value is -3.10. The maximum Gasteiger partial charge on any atom is 0.267 e. The summed E-state index contributed by atoms with van der Waals surface area (Å²) in [5.74, 6) is -0.669. The number of aromatic amines is 1. The van der Waals surface area contributed by atoms with Gasteiger partial charge in [0.1, 0.15) is 0 Å². The summed E-state index contributed by atoms with van der Waals surface area (Å²) < 4.78 is 27.7. The standard InChI is InChI=1S/C17H15N3O4S/c21-17(19-22)9-6-12-4-7-13(8-5-12)25(23,24)20-16-3-1-2-15-14(16)10-11-18-15/h1-11,18,20,22H,(H,19,21)/b9-6+. The number of aromatic nitrogens is 1. The Morgan fingerprint density at radius 3 is 2.56 bits per heavy atom. The Morgan fingerprint density at radius 2 is 1.84 bits per heavy atom. The fourth-order valence-corrected chi connectivity index (χ4v) is 3.43. The number of fused-ring (bicyclic) bond motifs is 1. The average Bonchev–Trinajstić information content (AvgIpc) is 3.09. The first kappa shape index (κ1) is 16.7. The molecule has 1 heterocycles. The van der Waals surface area contributed by atoms with Crippen molar-refractivity contribution in [2.24, 2.45) is 0 Å². The summed E-state index contributed by atoms with van der Waals surface area (Å²) in [6, 6.07) is 13.1. The van der Waals surface area contributed by atoms with Gasteiger partial charge in [-0.25, -0.2) is 13.9 Å². The molecule has 3 aromatic rings. The van der Waals surface area contributed by atoms with E-state index in [-0.39, 0.29) is 4.90 Å². The van der Waals surface area contributed by atoms with Crippen LogP contribution in [0, 0.1) is 0 Å². The molecule has 8 heteroatoms. The first-order valence-electron chi connectivity index (χ1n) is 7.31. The van der Waals surface area contributed by atoms with Gasteiger partial charge in [0.2, 0.25) is 0 Å². The van der Waals surface area contributed by atoms with Gasteiger partial charge in [-0.05, 0) is 42.0 Å². The van der Waals surface area contributed by atoms with Crippen molar-refractivity contribution in [3.63, 3.8) is 0 Å². The van der Waals surface area contributed by atoms with Gasteiger partial charge in [-0.1, -0.05) is 18.2 Å². The Kier molecular flexibility index (Phi) is 4.55. The van der Waals surface area contributed by atoms with Crippen molar-refractivity contribution in [3.8, 4) is 0 Å². The fraction of sp³-hybridized carbons (Fsp3) is 0. The number of amides is 1. The zero-order valence-corrected chi connectivity index (χ0v) is 13.7. The van der Waals surface area contributed by atoms with E-state index < -0.39 is 15.9 Å². The number of hydroxylamine groups is 1. The third-order valence-electron chi connectivity index (χ3n) is 3.57. The van der Waals surface area contributed by atoms with Gasteiger partial charge in [0, 0.05) is 23.2 Å². The van der Waals surface area contributed by atoms with E-state index in [4.69, 9.17) is 5.21 Å². The van der Waals surface area contributed by atoms with Gasteiger partial charge >= 0.3 is 0 Å². The van der Waals surface area contributed by atoms with Gasteiger partial charge in [0.25, 0.3) is 15.9 Å². The molecule has 0 saturated carbocycles. The second-order valence-electron chi connectivity index (χ2n) is 5.23. The highest BCUT2D eigenvalue weighted by atomic mass is 32.2. The molecule has 0 aliphatic carbocycles. The molecule has 2 aromatic carbocycles. The highest BCUT2D eigenvalue weighted by molar-refractivity contribution is 7.92. The van der Waals surface area contributed by atoms with E-state index in [0.717, 1.165) is 17.0 Å². The van der Waals surface area contributed by atoms with E-state index in [0.29, 0.717) is 11.3 Å². The summed E-state index contributed by atoms with van der Waals surface area (Å²) in [6.07, 6.45) is 4.33. The molecule has 0 aliphatic heterocycles. The number of benzene rings is 2. The number of anilines is 1. The fourth-order valence-electron chi connectivity index (χ4n) is 2.35. The summed E-state index contributed by atoms with van der Waals surface area (Å²) in [5.41, 5.74) is 3.42. The Labute approximate surface area is 144 Å². The molecule has 3 rings (SSSR count). The molecule has 0 atom stereocenters. The van der Waals surface area contributed by atoms with E-state index in [1.807, 2.05) is 6.07 Å². The molecular weight excluding hydrogens is 342 g/mol. The van der Waals surface area contributed by atoms with Crippen LogP contribution < -0.4 is 10.2 Å². The molecule has 25 heavy (non-hydrogen) atoms. The van der Waals surface area contributed by atoms with Gasteiger partial charge in [0.15, 0.2) is 0 Å². The lowest BCUT2D eigenvalue weighted by Crippen LogP contribution is -2.14. The number of H-pyrrole nitrogens is 1. The van der Waals surface area contributed by atoms with Crippen LogP contribution in [0.1, 0.15) is 5.56 Å². The minimum absolute atomic E-state index is 0.101. The summed E-state index contributed by atoms with van der Waals surface area (Å²) >= 11 is 0. The second kappa shape index (κ2) is 6.80. The summed E-state index contributed by atoms with van der Waals surface area (Å²) in [6.45, 7) is 0. The highest BCUT2D eigenvalue weighted by Gasteiger charge is 2.15. The molecule has 0 bridgehead atoms. The lowest BCUT2D eigenvalue weighted by Gasteiger charge is -2.09. The van der Waals surface area contributed by atoms with Crippen molar-refractivity contribution in [2.45, 2.75) is 4.90 Å². The normalized spacial score (nSPS) is 11.7. The van der Waals surface area contributed by atoms with Crippen molar-refractivity contribution < 1.29 is 18.4 Å². The zero-order chi connectivity index (χ0) is 17.9. The van der Waals surface area contributed by atoms with Crippen molar-refractivity contribution in [1.29, 1.82) is 0 Å². The van der Waals surface area contributed by atoms with Gasteiger partial charge < -0.3 is 4.98 Å². The van der Waals surface area contributed by atoms with E-state index in [1.165, 1.54) is 23.7 Å². The zero-order valence-electron chi connectivity index (χ0n) is 12.9. The predicted octanol–water partition coefficient (Wildman–Crippen LogP) is 2.49. The Morgan fingerprint density at radius 1 is 1.08 bits per heavy atom. The van der Waals surface area contributed by atoms with Crippen molar-refractivity contribution in [3.05, 3.63) is 66.4 Å². The van der Waals surface area contributed by atoms with Gasteiger partial charge in [-0.3, -0.25) is 14.7 Å². The molecule has 0 radical (unpaired) electrons. The SMILES string of the molecule is O=C(/C=C/c1ccc(S(=O)(=O)Nc2cccc3[nH]ccc23)cc1)NO. The minimum atomic E-state index is -3.74.